The van der Waals surface area contributed by atoms with Crippen molar-refractivity contribution in [3.63, 3.8) is 0 Å². The Kier molecular flexibility index (Phi) is 4.90. The van der Waals surface area contributed by atoms with Crippen molar-refractivity contribution in [1.29, 1.82) is 0 Å². The van der Waals surface area contributed by atoms with Gasteiger partial charge in [-0.2, -0.15) is 52.7 Å². The molecule has 130 valence electrons. The second-order valence-corrected chi connectivity index (χ2v) is 3.41. The van der Waals surface area contributed by atoms with Crippen molar-refractivity contribution >= 4 is 12.1 Å². The highest BCUT2D eigenvalue weighted by molar-refractivity contribution is 5.78. The lowest BCUT2D eigenvalue weighted by Gasteiger charge is -2.33. The van der Waals surface area contributed by atoms with Crippen molar-refractivity contribution in [2.24, 2.45) is 0 Å². The monoisotopic (exact) mass is 360 g/mol. The molecule has 1 unspecified atom stereocenters. The van der Waals surface area contributed by atoms with Crippen molar-refractivity contribution in [1.82, 2.24) is 0 Å². The number of carbonyl (C=O) groups is 2. The standard InChI is InChI=1S/C7F12O3/c8-1(20)3(10,11)5(13,14)7(18,19)22-4(12,2(9)21)6(15,16)17. The van der Waals surface area contributed by atoms with Gasteiger partial charge in [0.2, 0.25) is 0 Å². The van der Waals surface area contributed by atoms with Crippen molar-refractivity contribution < 1.29 is 67.0 Å². The molecule has 22 heavy (non-hydrogen) atoms. The molecule has 1 atom stereocenters. The lowest BCUT2D eigenvalue weighted by Crippen LogP contribution is -2.63. The van der Waals surface area contributed by atoms with Crippen LogP contribution in [-0.4, -0.2) is 42.1 Å². The van der Waals surface area contributed by atoms with E-state index in [0.717, 1.165) is 0 Å². The molecular weight excluding hydrogens is 360 g/mol. The van der Waals surface area contributed by atoms with Crippen LogP contribution in [-0.2, 0) is 14.3 Å². The molecule has 0 aliphatic rings. The van der Waals surface area contributed by atoms with Crippen LogP contribution in [0.4, 0.5) is 52.7 Å². The first-order valence-corrected chi connectivity index (χ1v) is 4.33. The first kappa shape index (κ1) is 20.5. The molecule has 0 heterocycles. The van der Waals surface area contributed by atoms with Crippen LogP contribution in [0.2, 0.25) is 0 Å². The molecule has 0 fully saturated rings. The molecule has 0 saturated carbocycles. The van der Waals surface area contributed by atoms with Crippen LogP contribution < -0.4 is 0 Å². The van der Waals surface area contributed by atoms with Crippen molar-refractivity contribution in [3.8, 4) is 0 Å². The van der Waals surface area contributed by atoms with Gasteiger partial charge in [0, 0.05) is 0 Å². The highest BCUT2D eigenvalue weighted by atomic mass is 19.4. The van der Waals surface area contributed by atoms with Crippen molar-refractivity contribution in [2.75, 3.05) is 0 Å². The fraction of sp³-hybridized carbons (Fsp3) is 0.714. The van der Waals surface area contributed by atoms with Gasteiger partial charge < -0.3 is 0 Å². The first-order valence-electron chi connectivity index (χ1n) is 4.33. The number of rotatable bonds is 6. The Balaban J connectivity index is 5.96. The molecule has 0 aromatic heterocycles. The number of carbonyl (C=O) groups excluding carboxylic acids is 2. The molecule has 0 spiro atoms. The van der Waals surface area contributed by atoms with Crippen LogP contribution in [0.5, 0.6) is 0 Å². The molecule has 0 radical (unpaired) electrons. The summed E-state index contributed by atoms with van der Waals surface area (Å²) in [5, 5.41) is 0. The van der Waals surface area contributed by atoms with Crippen LogP contribution in [0.15, 0.2) is 0 Å². The molecule has 0 bridgehead atoms. The third-order valence-corrected chi connectivity index (χ3v) is 1.89. The van der Waals surface area contributed by atoms with Crippen molar-refractivity contribution in [2.45, 2.75) is 30.0 Å². The Labute approximate surface area is 110 Å². The van der Waals surface area contributed by atoms with E-state index in [2.05, 4.69) is 0 Å². The summed E-state index contributed by atoms with van der Waals surface area (Å²) in [7, 11) is 0. The summed E-state index contributed by atoms with van der Waals surface area (Å²) in [5.41, 5.74) is 0. The number of hydrogen-bond acceptors (Lipinski definition) is 3. The fourth-order valence-electron chi connectivity index (χ4n) is 0.756. The Morgan fingerprint density at radius 1 is 0.682 bits per heavy atom. The molecule has 3 nitrogen and oxygen atoms in total. The minimum absolute atomic E-state index is 1.55. The maximum Gasteiger partial charge on any atom is 0.459 e. The molecule has 0 rings (SSSR count). The predicted octanol–water partition coefficient (Wildman–Crippen LogP) is 3.09. The van der Waals surface area contributed by atoms with E-state index in [1.807, 2.05) is 0 Å². The average Bonchev–Trinajstić information content (AvgIpc) is 2.25. The molecule has 0 aliphatic heterocycles. The van der Waals surface area contributed by atoms with E-state index in [4.69, 9.17) is 0 Å². The van der Waals surface area contributed by atoms with E-state index >= 15 is 0 Å². The Morgan fingerprint density at radius 2 is 1.05 bits per heavy atom. The van der Waals surface area contributed by atoms with Crippen LogP contribution in [0.25, 0.3) is 0 Å². The zero-order valence-corrected chi connectivity index (χ0v) is 9.26. The zero-order chi connectivity index (χ0) is 18.4. The molecule has 15 heteroatoms. The number of hydrogen-bond donors (Lipinski definition) is 0. The number of alkyl halides is 10. The fourth-order valence-corrected chi connectivity index (χ4v) is 0.756. The number of halogens is 12. The molecule has 0 N–H and O–H groups in total. The topological polar surface area (TPSA) is 43.4 Å². The minimum Gasteiger partial charge on any atom is -0.261 e. The Morgan fingerprint density at radius 3 is 1.27 bits per heavy atom. The van der Waals surface area contributed by atoms with Gasteiger partial charge >= 0.3 is 42.1 Å². The Hall–Kier alpha value is -1.54. The lowest BCUT2D eigenvalue weighted by atomic mass is 10.1. The molecule has 0 saturated heterocycles. The van der Waals surface area contributed by atoms with Crippen LogP contribution in [0.1, 0.15) is 0 Å². The summed E-state index contributed by atoms with van der Waals surface area (Å²) >= 11 is 0. The van der Waals surface area contributed by atoms with Gasteiger partial charge in [-0.25, -0.2) is 0 Å². The van der Waals surface area contributed by atoms with Gasteiger partial charge in [-0.3, -0.25) is 14.3 Å². The van der Waals surface area contributed by atoms with E-state index in [9.17, 15) is 62.3 Å². The third-order valence-electron chi connectivity index (χ3n) is 1.89. The van der Waals surface area contributed by atoms with Gasteiger partial charge in [0.05, 0.1) is 0 Å². The molecule has 0 aliphatic carbocycles. The lowest BCUT2D eigenvalue weighted by molar-refractivity contribution is -0.456. The molecule has 0 aromatic rings. The molecule has 0 aromatic carbocycles. The second-order valence-electron chi connectivity index (χ2n) is 3.41. The van der Waals surface area contributed by atoms with Gasteiger partial charge in [-0.05, 0) is 0 Å². The van der Waals surface area contributed by atoms with Crippen molar-refractivity contribution in [3.05, 3.63) is 0 Å². The van der Waals surface area contributed by atoms with E-state index in [0.29, 0.717) is 0 Å². The van der Waals surface area contributed by atoms with Crippen LogP contribution in [0.3, 0.4) is 0 Å². The highest BCUT2D eigenvalue weighted by Gasteiger charge is 2.81. The summed E-state index contributed by atoms with van der Waals surface area (Å²) in [5.74, 6) is -21.1. The smallest absolute Gasteiger partial charge is 0.261 e. The minimum atomic E-state index is -7.40. The normalized spacial score (nSPS) is 17.1. The predicted molar refractivity (Wildman–Crippen MR) is 38.0 cm³/mol. The van der Waals surface area contributed by atoms with E-state index in [1.54, 1.807) is 4.74 Å². The highest BCUT2D eigenvalue weighted by Crippen LogP contribution is 2.51. The summed E-state index contributed by atoms with van der Waals surface area (Å²) < 4.78 is 148. The van der Waals surface area contributed by atoms with E-state index in [1.165, 1.54) is 0 Å². The van der Waals surface area contributed by atoms with E-state index < -0.39 is 42.1 Å². The van der Waals surface area contributed by atoms with Crippen LogP contribution >= 0.6 is 0 Å². The average molecular weight is 360 g/mol. The molecular formula is C7F12O3. The summed E-state index contributed by atoms with van der Waals surface area (Å²) in [4.78, 5) is 19.2. The van der Waals surface area contributed by atoms with E-state index in [-0.39, 0.29) is 0 Å². The SMILES string of the molecule is O=C(F)C(F)(F)C(F)(F)C(F)(F)OC(F)(C(=O)F)C(F)(F)F. The Bertz CT molecular complexity index is 468. The quantitative estimate of drug-likeness (QED) is 0.540. The maximum atomic E-state index is 12.7. The molecule has 0 amide bonds. The summed E-state index contributed by atoms with van der Waals surface area (Å²) in [6, 6.07) is -8.88. The van der Waals surface area contributed by atoms with Gasteiger partial charge in [0.1, 0.15) is 0 Å². The second kappa shape index (κ2) is 5.27. The van der Waals surface area contributed by atoms with Gasteiger partial charge in [-0.15, -0.1) is 0 Å². The first-order chi connectivity index (χ1) is 9.34. The van der Waals surface area contributed by atoms with Crippen LogP contribution in [0, 0.1) is 0 Å². The zero-order valence-electron chi connectivity index (χ0n) is 9.26. The number of ether oxygens (including phenoxy) is 1. The van der Waals surface area contributed by atoms with Gasteiger partial charge in [0.25, 0.3) is 0 Å². The summed E-state index contributed by atoms with van der Waals surface area (Å²) in [6.07, 6.45) is -14.3. The van der Waals surface area contributed by atoms with Gasteiger partial charge in [-0.1, -0.05) is 0 Å². The largest absolute Gasteiger partial charge is 0.459 e. The summed E-state index contributed by atoms with van der Waals surface area (Å²) in [6.45, 7) is 0. The maximum absolute atomic E-state index is 12.7. The van der Waals surface area contributed by atoms with Gasteiger partial charge in [0.15, 0.2) is 0 Å². The third kappa shape index (κ3) is 2.98.